The molecule has 0 saturated heterocycles. The minimum absolute atomic E-state index is 0.300. The molecule has 0 aliphatic carbocycles. The molecule has 0 fully saturated rings. The molecule has 0 saturated carbocycles. The first kappa shape index (κ1) is 18.3. The number of benzene rings is 1. The summed E-state index contributed by atoms with van der Waals surface area (Å²) in [7, 11) is 0. The number of carbonyl (C=O) groups excluding carboxylic acids is 1. The summed E-state index contributed by atoms with van der Waals surface area (Å²) < 4.78 is 18.7. The Morgan fingerprint density at radius 2 is 2.07 bits per heavy atom. The van der Waals surface area contributed by atoms with Crippen LogP contribution in [0.5, 0.6) is 11.5 Å². The quantitative estimate of drug-likeness (QED) is 0.811. The molecule has 1 aromatic carbocycles. The first-order valence-electron chi connectivity index (χ1n) is 9.62. The van der Waals surface area contributed by atoms with Crippen molar-refractivity contribution in [3.05, 3.63) is 40.9 Å². The Hall–Kier alpha value is -3.03. The first-order valence-corrected chi connectivity index (χ1v) is 9.62. The second kappa shape index (κ2) is 7.53. The van der Waals surface area contributed by atoms with Crippen LogP contribution in [0.4, 0.5) is 5.95 Å². The van der Waals surface area contributed by atoms with Crippen LogP contribution < -0.4 is 14.8 Å². The number of allylic oxidation sites excluding steroid dienone is 1. The number of anilines is 1. The molecule has 0 spiro atoms. The average molecular weight is 384 g/mol. The van der Waals surface area contributed by atoms with Gasteiger partial charge in [-0.2, -0.15) is 10.1 Å². The minimum Gasteiger partial charge on any atom is -0.490 e. The number of aromatic nitrogens is 3. The van der Waals surface area contributed by atoms with Gasteiger partial charge in [-0.25, -0.2) is 9.48 Å². The van der Waals surface area contributed by atoms with E-state index in [0.29, 0.717) is 60.8 Å². The van der Waals surface area contributed by atoms with Gasteiger partial charge < -0.3 is 19.5 Å². The van der Waals surface area contributed by atoms with Crippen molar-refractivity contribution in [2.24, 2.45) is 0 Å². The Bertz CT molecular complexity index is 934. The fraction of sp³-hybridized carbons (Fsp3) is 0.450. The molecule has 1 atom stereocenters. The van der Waals surface area contributed by atoms with Crippen molar-refractivity contribution in [1.82, 2.24) is 14.8 Å². The third kappa shape index (κ3) is 3.19. The lowest BCUT2D eigenvalue weighted by molar-refractivity contribution is -0.139. The van der Waals surface area contributed by atoms with Crippen LogP contribution in [0.2, 0.25) is 0 Å². The molecule has 1 aromatic heterocycles. The molecule has 0 radical (unpaired) electrons. The monoisotopic (exact) mass is 384 g/mol. The van der Waals surface area contributed by atoms with E-state index in [1.807, 2.05) is 32.0 Å². The lowest BCUT2D eigenvalue weighted by Gasteiger charge is -2.28. The van der Waals surface area contributed by atoms with Crippen LogP contribution in [0.15, 0.2) is 29.5 Å². The number of hydrogen-bond acceptors (Lipinski definition) is 7. The zero-order chi connectivity index (χ0) is 19.7. The molecule has 28 heavy (non-hydrogen) atoms. The molecule has 4 rings (SSSR count). The molecular weight excluding hydrogens is 360 g/mol. The van der Waals surface area contributed by atoms with E-state index in [0.717, 1.165) is 12.0 Å². The van der Waals surface area contributed by atoms with E-state index in [1.54, 1.807) is 11.6 Å². The summed E-state index contributed by atoms with van der Waals surface area (Å²) in [6.45, 7) is 7.16. The van der Waals surface area contributed by atoms with E-state index in [-0.39, 0.29) is 5.97 Å². The van der Waals surface area contributed by atoms with Gasteiger partial charge in [-0.15, -0.1) is 0 Å². The maximum atomic E-state index is 12.8. The normalized spacial score (nSPS) is 18.2. The van der Waals surface area contributed by atoms with Gasteiger partial charge in [0.25, 0.3) is 0 Å². The van der Waals surface area contributed by atoms with Gasteiger partial charge in [0, 0.05) is 18.5 Å². The summed E-state index contributed by atoms with van der Waals surface area (Å²) in [4.78, 5) is 17.3. The smallest absolute Gasteiger partial charge is 0.338 e. The summed E-state index contributed by atoms with van der Waals surface area (Å²) in [5.74, 6) is 2.33. The molecular formula is C20H24N4O4. The number of aryl methyl sites for hydroxylation is 1. The second-order valence-corrected chi connectivity index (χ2v) is 6.69. The molecule has 0 bridgehead atoms. The number of hydrogen-bond donors (Lipinski definition) is 1. The van der Waals surface area contributed by atoms with Crippen LogP contribution in [-0.2, 0) is 16.0 Å². The zero-order valence-electron chi connectivity index (χ0n) is 16.3. The predicted octanol–water partition coefficient (Wildman–Crippen LogP) is 2.85. The molecule has 148 valence electrons. The van der Waals surface area contributed by atoms with E-state index in [4.69, 9.17) is 14.2 Å². The highest BCUT2D eigenvalue weighted by atomic mass is 16.5. The molecule has 0 amide bonds. The third-order valence-electron chi connectivity index (χ3n) is 4.80. The molecule has 2 aromatic rings. The van der Waals surface area contributed by atoms with Crippen LogP contribution in [0.25, 0.3) is 0 Å². The summed E-state index contributed by atoms with van der Waals surface area (Å²) in [5.41, 5.74) is 2.08. The molecule has 1 N–H and O–H groups in total. The van der Waals surface area contributed by atoms with Crippen molar-refractivity contribution in [1.29, 1.82) is 0 Å². The molecule has 3 heterocycles. The van der Waals surface area contributed by atoms with Crippen molar-refractivity contribution in [3.8, 4) is 11.5 Å². The number of nitrogens with zero attached hydrogens (tertiary/aromatic N) is 3. The highest BCUT2D eigenvalue weighted by Gasteiger charge is 2.35. The lowest BCUT2D eigenvalue weighted by Crippen LogP contribution is -2.29. The minimum atomic E-state index is -0.458. The van der Waals surface area contributed by atoms with Gasteiger partial charge in [0.15, 0.2) is 17.3 Å². The highest BCUT2D eigenvalue weighted by Crippen LogP contribution is 2.39. The fourth-order valence-electron chi connectivity index (χ4n) is 3.48. The lowest BCUT2D eigenvalue weighted by atomic mass is 9.95. The molecule has 1 unspecified atom stereocenters. The van der Waals surface area contributed by atoms with Gasteiger partial charge in [-0.1, -0.05) is 13.0 Å². The van der Waals surface area contributed by atoms with Crippen LogP contribution in [0.1, 0.15) is 44.6 Å². The topological polar surface area (TPSA) is 87.5 Å². The van der Waals surface area contributed by atoms with Crippen molar-refractivity contribution >= 4 is 11.9 Å². The molecule has 8 heteroatoms. The Labute approximate surface area is 163 Å². The number of rotatable bonds is 4. The van der Waals surface area contributed by atoms with Crippen LogP contribution in [0.3, 0.4) is 0 Å². The van der Waals surface area contributed by atoms with E-state index < -0.39 is 6.04 Å². The van der Waals surface area contributed by atoms with Gasteiger partial charge in [0.2, 0.25) is 5.95 Å². The maximum Gasteiger partial charge on any atom is 0.338 e. The predicted molar refractivity (Wildman–Crippen MR) is 103 cm³/mol. The summed E-state index contributed by atoms with van der Waals surface area (Å²) in [6.07, 6.45) is 1.53. The van der Waals surface area contributed by atoms with Crippen LogP contribution in [-0.4, -0.2) is 40.6 Å². The summed E-state index contributed by atoms with van der Waals surface area (Å²) >= 11 is 0. The highest BCUT2D eigenvalue weighted by molar-refractivity contribution is 5.92. The third-order valence-corrected chi connectivity index (χ3v) is 4.80. The van der Waals surface area contributed by atoms with E-state index in [9.17, 15) is 4.79 Å². The van der Waals surface area contributed by atoms with Crippen molar-refractivity contribution in [2.45, 2.75) is 39.7 Å². The van der Waals surface area contributed by atoms with Gasteiger partial charge in [-0.3, -0.25) is 0 Å². The SMILES string of the molecule is CCOC(=O)C1=C(C)Nc2nc(CC)nn2C1c1ccc2c(c1)OCCCO2. The van der Waals surface area contributed by atoms with Crippen molar-refractivity contribution < 1.29 is 19.0 Å². The second-order valence-electron chi connectivity index (χ2n) is 6.69. The number of carbonyl (C=O) groups is 1. The number of ether oxygens (including phenoxy) is 3. The van der Waals surface area contributed by atoms with E-state index >= 15 is 0 Å². The Morgan fingerprint density at radius 3 is 2.82 bits per heavy atom. The number of esters is 1. The van der Waals surface area contributed by atoms with E-state index in [1.165, 1.54) is 0 Å². The Kier molecular flexibility index (Phi) is 4.93. The molecule has 2 aliphatic rings. The van der Waals surface area contributed by atoms with Gasteiger partial charge in [-0.05, 0) is 31.5 Å². The Balaban J connectivity index is 1.84. The summed E-state index contributed by atoms with van der Waals surface area (Å²) in [6, 6.07) is 5.28. The zero-order valence-corrected chi connectivity index (χ0v) is 16.3. The molecule has 8 nitrogen and oxygen atoms in total. The molecule has 2 aliphatic heterocycles. The largest absolute Gasteiger partial charge is 0.490 e. The van der Waals surface area contributed by atoms with E-state index in [2.05, 4.69) is 15.4 Å². The van der Waals surface area contributed by atoms with Crippen molar-refractivity contribution in [3.63, 3.8) is 0 Å². The standard InChI is InChI=1S/C20H24N4O4/c1-4-16-22-20-21-12(3)17(19(25)26-5-2)18(24(20)23-16)13-7-8-14-15(11-13)28-10-6-9-27-14/h7-8,11,18H,4-6,9-10H2,1-3H3,(H,21,22,23). The first-order chi connectivity index (χ1) is 13.6. The summed E-state index contributed by atoms with van der Waals surface area (Å²) in [5, 5.41) is 7.80. The Morgan fingerprint density at radius 1 is 1.29 bits per heavy atom. The van der Waals surface area contributed by atoms with Gasteiger partial charge in [0.1, 0.15) is 6.04 Å². The number of fused-ring (bicyclic) bond motifs is 2. The fourth-order valence-corrected chi connectivity index (χ4v) is 3.48. The van der Waals surface area contributed by atoms with Crippen molar-refractivity contribution in [2.75, 3.05) is 25.1 Å². The van der Waals surface area contributed by atoms with Gasteiger partial charge >= 0.3 is 5.97 Å². The maximum absolute atomic E-state index is 12.8. The van der Waals surface area contributed by atoms with Crippen LogP contribution in [0, 0.1) is 0 Å². The average Bonchev–Trinajstić information content (AvgIpc) is 2.95. The number of nitrogens with one attached hydrogen (secondary N) is 1. The van der Waals surface area contributed by atoms with Crippen LogP contribution >= 0.6 is 0 Å². The van der Waals surface area contributed by atoms with Gasteiger partial charge in [0.05, 0.1) is 25.4 Å².